The number of carbonyl (C=O) groups excluding carboxylic acids is 1. The van der Waals surface area contributed by atoms with Crippen LogP contribution in [-0.4, -0.2) is 55.7 Å². The lowest BCUT2D eigenvalue weighted by Gasteiger charge is -2.31. The molecular formula is C19H26N2O4. The summed E-state index contributed by atoms with van der Waals surface area (Å²) < 4.78 is 17.3. The Hall–Kier alpha value is -1.63. The topological polar surface area (TPSA) is 60.0 Å². The van der Waals surface area contributed by atoms with Gasteiger partial charge in [-0.15, -0.1) is 0 Å². The number of nitrogens with zero attached hydrogens (tertiary/aromatic N) is 1. The number of rotatable bonds is 3. The number of likely N-dealkylation sites (tertiary alicyclic amines) is 1. The Kier molecular flexibility index (Phi) is 4.92. The molecule has 1 N–H and O–H groups in total. The van der Waals surface area contributed by atoms with E-state index < -0.39 is 5.79 Å². The highest BCUT2D eigenvalue weighted by Crippen LogP contribution is 2.34. The van der Waals surface area contributed by atoms with Crippen molar-refractivity contribution < 1.29 is 19.0 Å². The largest absolute Gasteiger partial charge is 0.381 e. The smallest absolute Gasteiger partial charge is 0.318 e. The fourth-order valence-electron chi connectivity index (χ4n) is 4.00. The quantitative estimate of drug-likeness (QED) is 0.913. The van der Waals surface area contributed by atoms with Crippen LogP contribution >= 0.6 is 0 Å². The second-order valence-corrected chi connectivity index (χ2v) is 7.02. The van der Waals surface area contributed by atoms with E-state index in [9.17, 15) is 4.79 Å². The molecule has 0 saturated carbocycles. The van der Waals surface area contributed by atoms with Crippen LogP contribution in [0.4, 0.5) is 4.79 Å². The molecule has 0 bridgehead atoms. The summed E-state index contributed by atoms with van der Waals surface area (Å²) in [6.45, 7) is 3.16. The van der Waals surface area contributed by atoms with Gasteiger partial charge in [0.15, 0.2) is 5.79 Å². The van der Waals surface area contributed by atoms with Crippen molar-refractivity contribution in [2.24, 2.45) is 0 Å². The highest BCUT2D eigenvalue weighted by Gasteiger charge is 2.43. The van der Waals surface area contributed by atoms with Crippen LogP contribution in [0.2, 0.25) is 0 Å². The lowest BCUT2D eigenvalue weighted by molar-refractivity contribution is -0.210. The summed E-state index contributed by atoms with van der Waals surface area (Å²) >= 11 is 0. The van der Waals surface area contributed by atoms with E-state index in [-0.39, 0.29) is 18.2 Å². The monoisotopic (exact) mass is 346 g/mol. The molecule has 1 aromatic rings. The average Bonchev–Trinajstić information content (AvgIpc) is 3.29. The van der Waals surface area contributed by atoms with Crippen LogP contribution < -0.4 is 5.32 Å². The van der Waals surface area contributed by atoms with Gasteiger partial charge in [-0.3, -0.25) is 0 Å². The molecule has 0 unspecified atom stereocenters. The molecule has 1 aromatic carbocycles. The summed E-state index contributed by atoms with van der Waals surface area (Å²) in [5.41, 5.74) is 1.21. The van der Waals surface area contributed by atoms with Crippen molar-refractivity contribution >= 4 is 6.03 Å². The fraction of sp³-hybridized carbons (Fsp3) is 0.632. The second kappa shape index (κ2) is 7.32. The van der Waals surface area contributed by atoms with Crippen molar-refractivity contribution in [3.8, 4) is 0 Å². The Labute approximate surface area is 148 Å². The Bertz CT molecular complexity index is 588. The Morgan fingerprint density at radius 3 is 2.84 bits per heavy atom. The predicted molar refractivity (Wildman–Crippen MR) is 92.1 cm³/mol. The standard InChI is InChI=1S/C19H26N2O4/c22-18(21-10-4-7-17(21)15-5-2-1-3-6-15)20-13-16-14-24-19(25-16)8-11-23-12-9-19/h1-3,5-6,16-17H,4,7-14H2,(H,20,22)/t16-,17+/m0/s1. The van der Waals surface area contributed by atoms with Crippen molar-refractivity contribution in [2.75, 3.05) is 32.9 Å². The minimum absolute atomic E-state index is 0.0112. The van der Waals surface area contributed by atoms with E-state index in [1.165, 1.54) is 5.56 Å². The average molecular weight is 346 g/mol. The van der Waals surface area contributed by atoms with E-state index in [2.05, 4.69) is 17.4 Å². The number of hydrogen-bond donors (Lipinski definition) is 1. The number of amides is 2. The first-order valence-electron chi connectivity index (χ1n) is 9.25. The van der Waals surface area contributed by atoms with Crippen LogP contribution in [0.15, 0.2) is 30.3 Å². The molecule has 2 amide bonds. The molecule has 2 atom stereocenters. The number of ether oxygens (including phenoxy) is 3. The van der Waals surface area contributed by atoms with Gasteiger partial charge in [0.05, 0.1) is 25.9 Å². The summed E-state index contributed by atoms with van der Waals surface area (Å²) in [4.78, 5) is 14.6. The van der Waals surface area contributed by atoms with Crippen LogP contribution in [-0.2, 0) is 14.2 Å². The molecule has 3 aliphatic heterocycles. The number of urea groups is 1. The Balaban J connectivity index is 1.30. The van der Waals surface area contributed by atoms with Crippen molar-refractivity contribution in [1.29, 1.82) is 0 Å². The van der Waals surface area contributed by atoms with Gasteiger partial charge in [-0.25, -0.2) is 4.79 Å². The molecule has 1 spiro atoms. The summed E-state index contributed by atoms with van der Waals surface area (Å²) in [7, 11) is 0. The van der Waals surface area contributed by atoms with Crippen molar-refractivity contribution in [3.63, 3.8) is 0 Å². The van der Waals surface area contributed by atoms with Crippen molar-refractivity contribution in [1.82, 2.24) is 10.2 Å². The van der Waals surface area contributed by atoms with E-state index in [0.29, 0.717) is 26.4 Å². The summed E-state index contributed by atoms with van der Waals surface area (Å²) in [6.07, 6.45) is 3.50. The van der Waals surface area contributed by atoms with E-state index >= 15 is 0 Å². The number of nitrogens with one attached hydrogen (secondary N) is 1. The third-order valence-electron chi connectivity index (χ3n) is 5.35. The predicted octanol–water partition coefficient (Wildman–Crippen LogP) is 2.46. The van der Waals surface area contributed by atoms with Crippen LogP contribution in [0, 0.1) is 0 Å². The fourth-order valence-corrected chi connectivity index (χ4v) is 4.00. The lowest BCUT2D eigenvalue weighted by atomic mass is 10.1. The van der Waals surface area contributed by atoms with E-state index in [4.69, 9.17) is 14.2 Å². The lowest BCUT2D eigenvalue weighted by Crippen LogP contribution is -2.44. The molecule has 4 rings (SSSR count). The molecule has 0 aliphatic carbocycles. The molecule has 0 radical (unpaired) electrons. The first-order valence-corrected chi connectivity index (χ1v) is 9.25. The molecule has 3 aliphatic rings. The van der Waals surface area contributed by atoms with Crippen molar-refractivity contribution in [2.45, 2.75) is 43.6 Å². The van der Waals surface area contributed by atoms with Gasteiger partial charge in [-0.1, -0.05) is 30.3 Å². The first-order chi connectivity index (χ1) is 12.3. The van der Waals surface area contributed by atoms with Gasteiger partial charge in [0.2, 0.25) is 0 Å². The van der Waals surface area contributed by atoms with E-state index in [1.807, 2.05) is 23.1 Å². The first kappa shape index (κ1) is 16.8. The molecule has 6 heteroatoms. The Morgan fingerprint density at radius 2 is 2.04 bits per heavy atom. The second-order valence-electron chi connectivity index (χ2n) is 7.02. The van der Waals surface area contributed by atoms with Gasteiger partial charge < -0.3 is 24.4 Å². The molecule has 6 nitrogen and oxygen atoms in total. The van der Waals surface area contributed by atoms with Crippen LogP contribution in [0.1, 0.15) is 37.3 Å². The zero-order valence-corrected chi connectivity index (χ0v) is 14.5. The maximum absolute atomic E-state index is 12.7. The zero-order chi connectivity index (χ0) is 17.1. The van der Waals surface area contributed by atoms with Gasteiger partial charge in [-0.05, 0) is 18.4 Å². The molecular weight excluding hydrogens is 320 g/mol. The normalized spacial score (nSPS) is 28.4. The highest BCUT2D eigenvalue weighted by molar-refractivity contribution is 5.75. The molecule has 136 valence electrons. The van der Waals surface area contributed by atoms with Crippen molar-refractivity contribution in [3.05, 3.63) is 35.9 Å². The summed E-state index contributed by atoms with van der Waals surface area (Å²) in [5.74, 6) is -0.492. The Morgan fingerprint density at radius 1 is 1.24 bits per heavy atom. The number of carbonyl (C=O) groups is 1. The molecule has 3 heterocycles. The molecule has 3 fully saturated rings. The highest BCUT2D eigenvalue weighted by atomic mass is 16.7. The molecule has 3 saturated heterocycles. The van der Waals surface area contributed by atoms with Gasteiger partial charge in [0.25, 0.3) is 0 Å². The van der Waals surface area contributed by atoms with Gasteiger partial charge in [-0.2, -0.15) is 0 Å². The van der Waals surface area contributed by atoms with Crippen LogP contribution in [0.3, 0.4) is 0 Å². The third-order valence-corrected chi connectivity index (χ3v) is 5.35. The van der Waals surface area contributed by atoms with Gasteiger partial charge in [0.1, 0.15) is 6.10 Å². The third kappa shape index (κ3) is 3.66. The van der Waals surface area contributed by atoms with Crippen LogP contribution in [0.25, 0.3) is 0 Å². The van der Waals surface area contributed by atoms with Gasteiger partial charge in [0, 0.05) is 25.9 Å². The summed E-state index contributed by atoms with van der Waals surface area (Å²) in [6, 6.07) is 10.4. The molecule has 0 aromatic heterocycles. The minimum Gasteiger partial charge on any atom is -0.381 e. The minimum atomic E-state index is -0.492. The zero-order valence-electron chi connectivity index (χ0n) is 14.5. The number of benzene rings is 1. The maximum atomic E-state index is 12.7. The summed E-state index contributed by atoms with van der Waals surface area (Å²) in [5, 5.41) is 3.04. The van der Waals surface area contributed by atoms with E-state index in [0.717, 1.165) is 32.2 Å². The SMILES string of the molecule is O=C(NC[C@H]1COC2(CCOCC2)O1)N1CCC[C@@H]1c1ccccc1. The van der Waals surface area contributed by atoms with E-state index in [1.54, 1.807) is 0 Å². The molecule has 25 heavy (non-hydrogen) atoms. The van der Waals surface area contributed by atoms with Crippen LogP contribution in [0.5, 0.6) is 0 Å². The van der Waals surface area contributed by atoms with Gasteiger partial charge >= 0.3 is 6.03 Å². The maximum Gasteiger partial charge on any atom is 0.318 e. The number of hydrogen-bond acceptors (Lipinski definition) is 4.